The van der Waals surface area contributed by atoms with E-state index in [-0.39, 0.29) is 11.8 Å². The molecule has 1 N–H and O–H groups in total. The first-order valence-electron chi connectivity index (χ1n) is 6.26. The molecule has 3 nitrogen and oxygen atoms in total. The molecule has 0 amide bonds. The predicted octanol–water partition coefficient (Wildman–Crippen LogP) is 2.55. The fraction of sp³-hybridized carbons (Fsp3) is 0.538. The third-order valence-electron chi connectivity index (χ3n) is 3.30. The Hall–Kier alpha value is -1.27. The maximum absolute atomic E-state index is 12.1. The molecule has 0 spiro atoms. The molecule has 0 aliphatic carbocycles. The molecule has 0 aromatic heterocycles. The highest BCUT2D eigenvalue weighted by Crippen LogP contribution is 2.26. The summed E-state index contributed by atoms with van der Waals surface area (Å²) in [7, 11) is 0. The van der Waals surface area contributed by atoms with E-state index in [9.17, 15) is 13.2 Å². The van der Waals surface area contributed by atoms with Crippen LogP contribution in [0, 0.1) is 0 Å². The molecule has 1 aromatic rings. The largest absolute Gasteiger partial charge is 0.573 e. The summed E-state index contributed by atoms with van der Waals surface area (Å²) in [5.74, 6) is -0.177. The Labute approximate surface area is 110 Å². The van der Waals surface area contributed by atoms with Gasteiger partial charge in [-0.1, -0.05) is 12.1 Å². The summed E-state index contributed by atoms with van der Waals surface area (Å²) in [5.41, 5.74) is 0.997. The monoisotopic (exact) mass is 274 g/mol. The molecule has 19 heavy (non-hydrogen) atoms. The van der Waals surface area contributed by atoms with Crippen molar-refractivity contribution < 1.29 is 17.9 Å². The Morgan fingerprint density at radius 3 is 2.26 bits per heavy atom. The molecule has 6 heteroatoms. The lowest BCUT2D eigenvalue weighted by Gasteiger charge is -2.33. The minimum Gasteiger partial charge on any atom is -0.406 e. The standard InChI is InChI=1S/C13H17F3N2O/c1-10(18-8-6-17-7-9-18)11-2-4-12(5-3-11)19-13(14,15)16/h2-5,10,17H,6-9H2,1H3/t10-/m1/s1. The summed E-state index contributed by atoms with van der Waals surface area (Å²) in [6.45, 7) is 5.84. The second-order valence-electron chi connectivity index (χ2n) is 4.58. The van der Waals surface area contributed by atoms with Gasteiger partial charge in [0.2, 0.25) is 0 Å². The second kappa shape index (κ2) is 5.79. The zero-order chi connectivity index (χ0) is 13.9. The highest BCUT2D eigenvalue weighted by atomic mass is 19.4. The summed E-state index contributed by atoms with van der Waals surface area (Å²) in [6.07, 6.45) is -4.63. The molecule has 1 fully saturated rings. The van der Waals surface area contributed by atoms with Crippen LogP contribution in [0.3, 0.4) is 0 Å². The molecule has 2 rings (SSSR count). The topological polar surface area (TPSA) is 24.5 Å². The SMILES string of the molecule is C[C@H](c1ccc(OC(F)(F)F)cc1)N1CCNCC1. The van der Waals surface area contributed by atoms with Crippen LogP contribution in [0.15, 0.2) is 24.3 Å². The van der Waals surface area contributed by atoms with E-state index in [1.54, 1.807) is 12.1 Å². The maximum atomic E-state index is 12.1. The molecular formula is C13H17F3N2O. The van der Waals surface area contributed by atoms with Crippen molar-refractivity contribution in [3.05, 3.63) is 29.8 Å². The molecule has 1 aliphatic heterocycles. The molecule has 1 saturated heterocycles. The van der Waals surface area contributed by atoms with Crippen molar-refractivity contribution in [3.63, 3.8) is 0 Å². The van der Waals surface area contributed by atoms with Crippen LogP contribution < -0.4 is 10.1 Å². The number of alkyl halides is 3. The van der Waals surface area contributed by atoms with Gasteiger partial charge in [-0.25, -0.2) is 0 Å². The maximum Gasteiger partial charge on any atom is 0.573 e. The van der Waals surface area contributed by atoms with E-state index in [4.69, 9.17) is 0 Å². The van der Waals surface area contributed by atoms with Crippen LogP contribution in [0.1, 0.15) is 18.5 Å². The predicted molar refractivity (Wildman–Crippen MR) is 66.0 cm³/mol. The van der Waals surface area contributed by atoms with Gasteiger partial charge in [0.15, 0.2) is 0 Å². The van der Waals surface area contributed by atoms with Gasteiger partial charge in [0.1, 0.15) is 5.75 Å². The van der Waals surface area contributed by atoms with Crippen molar-refractivity contribution in [2.45, 2.75) is 19.3 Å². The zero-order valence-corrected chi connectivity index (χ0v) is 10.7. The van der Waals surface area contributed by atoms with Crippen molar-refractivity contribution in [1.29, 1.82) is 0 Å². The van der Waals surface area contributed by atoms with Crippen LogP contribution in [-0.4, -0.2) is 37.4 Å². The normalized spacial score (nSPS) is 19.2. The highest BCUT2D eigenvalue weighted by Gasteiger charge is 2.31. The molecule has 0 bridgehead atoms. The fourth-order valence-electron chi connectivity index (χ4n) is 2.23. The van der Waals surface area contributed by atoms with Crippen LogP contribution in [0.5, 0.6) is 5.75 Å². The molecule has 1 atom stereocenters. The van der Waals surface area contributed by atoms with Crippen LogP contribution in [0.2, 0.25) is 0 Å². The van der Waals surface area contributed by atoms with Crippen molar-refractivity contribution in [3.8, 4) is 5.75 Å². The second-order valence-corrected chi connectivity index (χ2v) is 4.58. The Morgan fingerprint density at radius 1 is 1.16 bits per heavy atom. The average molecular weight is 274 g/mol. The zero-order valence-electron chi connectivity index (χ0n) is 10.7. The van der Waals surface area contributed by atoms with E-state index in [2.05, 4.69) is 21.9 Å². The lowest BCUT2D eigenvalue weighted by atomic mass is 10.1. The van der Waals surface area contributed by atoms with Crippen molar-refractivity contribution in [1.82, 2.24) is 10.2 Å². The Balaban J connectivity index is 2.01. The van der Waals surface area contributed by atoms with E-state index < -0.39 is 6.36 Å². The average Bonchev–Trinajstić information content (AvgIpc) is 2.38. The van der Waals surface area contributed by atoms with Gasteiger partial charge in [0.25, 0.3) is 0 Å². The van der Waals surface area contributed by atoms with Gasteiger partial charge in [-0.2, -0.15) is 0 Å². The van der Waals surface area contributed by atoms with Gasteiger partial charge in [-0.05, 0) is 24.6 Å². The van der Waals surface area contributed by atoms with E-state index in [1.807, 2.05) is 0 Å². The molecule has 0 saturated carbocycles. The summed E-state index contributed by atoms with van der Waals surface area (Å²) in [5, 5.41) is 3.27. The molecule has 0 radical (unpaired) electrons. The van der Waals surface area contributed by atoms with Gasteiger partial charge < -0.3 is 10.1 Å². The number of piperazine rings is 1. The third kappa shape index (κ3) is 4.11. The smallest absolute Gasteiger partial charge is 0.406 e. The van der Waals surface area contributed by atoms with Crippen molar-refractivity contribution in [2.24, 2.45) is 0 Å². The molecule has 1 aromatic carbocycles. The van der Waals surface area contributed by atoms with Gasteiger partial charge in [0.05, 0.1) is 0 Å². The molecular weight excluding hydrogens is 257 g/mol. The van der Waals surface area contributed by atoms with Gasteiger partial charge in [-0.15, -0.1) is 13.2 Å². The third-order valence-corrected chi connectivity index (χ3v) is 3.30. The summed E-state index contributed by atoms with van der Waals surface area (Å²) in [6, 6.07) is 6.30. The quantitative estimate of drug-likeness (QED) is 0.916. The fourth-order valence-corrected chi connectivity index (χ4v) is 2.23. The minimum absolute atomic E-state index is 0.177. The van der Waals surface area contributed by atoms with E-state index >= 15 is 0 Å². The van der Waals surface area contributed by atoms with Crippen LogP contribution in [0.25, 0.3) is 0 Å². The first-order chi connectivity index (χ1) is 8.96. The summed E-state index contributed by atoms with van der Waals surface area (Å²) < 4.78 is 40.0. The molecule has 0 unspecified atom stereocenters. The first kappa shape index (κ1) is 14.1. The van der Waals surface area contributed by atoms with Gasteiger partial charge in [0, 0.05) is 32.2 Å². The molecule has 106 valence electrons. The number of benzene rings is 1. The summed E-state index contributed by atoms with van der Waals surface area (Å²) in [4.78, 5) is 2.30. The summed E-state index contributed by atoms with van der Waals surface area (Å²) >= 11 is 0. The Morgan fingerprint density at radius 2 is 1.74 bits per heavy atom. The lowest BCUT2D eigenvalue weighted by Crippen LogP contribution is -2.44. The number of ether oxygens (including phenoxy) is 1. The highest BCUT2D eigenvalue weighted by molar-refractivity contribution is 5.29. The van der Waals surface area contributed by atoms with Crippen LogP contribution in [-0.2, 0) is 0 Å². The van der Waals surface area contributed by atoms with Crippen LogP contribution >= 0.6 is 0 Å². The molecule has 1 aliphatic rings. The van der Waals surface area contributed by atoms with Gasteiger partial charge in [-0.3, -0.25) is 4.90 Å². The van der Waals surface area contributed by atoms with E-state index in [0.29, 0.717) is 0 Å². The first-order valence-corrected chi connectivity index (χ1v) is 6.26. The van der Waals surface area contributed by atoms with Crippen molar-refractivity contribution >= 4 is 0 Å². The van der Waals surface area contributed by atoms with Crippen LogP contribution in [0.4, 0.5) is 13.2 Å². The van der Waals surface area contributed by atoms with E-state index in [0.717, 1.165) is 31.7 Å². The number of halogens is 3. The number of rotatable bonds is 3. The number of nitrogens with zero attached hydrogens (tertiary/aromatic N) is 1. The minimum atomic E-state index is -4.63. The van der Waals surface area contributed by atoms with Gasteiger partial charge >= 0.3 is 6.36 Å². The Kier molecular flexibility index (Phi) is 4.31. The number of hydrogen-bond acceptors (Lipinski definition) is 3. The Bertz CT molecular complexity index is 399. The lowest BCUT2D eigenvalue weighted by molar-refractivity contribution is -0.274. The number of hydrogen-bond donors (Lipinski definition) is 1. The molecule has 1 heterocycles. The van der Waals surface area contributed by atoms with E-state index in [1.165, 1.54) is 12.1 Å². The van der Waals surface area contributed by atoms with Crippen molar-refractivity contribution in [2.75, 3.05) is 26.2 Å². The number of nitrogens with one attached hydrogen (secondary N) is 1.